The summed E-state index contributed by atoms with van der Waals surface area (Å²) in [5, 5.41) is 3.45. The molecule has 0 radical (unpaired) electrons. The summed E-state index contributed by atoms with van der Waals surface area (Å²) in [6, 6.07) is 7.07. The SMILES string of the molecule is CC(Nc1ccc(OC(F)F)cc1)C1CCN(C)CC1. The molecule has 1 fully saturated rings. The highest BCUT2D eigenvalue weighted by Gasteiger charge is 2.22. The van der Waals surface area contributed by atoms with Crippen LogP contribution in [0.5, 0.6) is 5.75 Å². The number of nitrogens with one attached hydrogen (secondary N) is 1. The second-order valence-corrected chi connectivity index (χ2v) is 5.48. The molecule has 0 bridgehead atoms. The summed E-state index contributed by atoms with van der Waals surface area (Å²) in [5.41, 5.74) is 0.943. The van der Waals surface area contributed by atoms with Crippen LogP contribution in [-0.4, -0.2) is 37.7 Å². The third-order valence-corrected chi connectivity index (χ3v) is 3.94. The number of hydrogen-bond donors (Lipinski definition) is 1. The van der Waals surface area contributed by atoms with E-state index in [1.165, 1.54) is 12.8 Å². The number of anilines is 1. The van der Waals surface area contributed by atoms with Crippen LogP contribution in [0.3, 0.4) is 0 Å². The molecule has 1 heterocycles. The zero-order chi connectivity index (χ0) is 14.5. The molecule has 1 unspecified atom stereocenters. The molecule has 0 aliphatic carbocycles. The number of piperidine rings is 1. The minimum absolute atomic E-state index is 0.192. The van der Waals surface area contributed by atoms with Gasteiger partial charge in [0.05, 0.1) is 0 Å². The van der Waals surface area contributed by atoms with Gasteiger partial charge in [0.1, 0.15) is 5.75 Å². The van der Waals surface area contributed by atoms with Gasteiger partial charge in [0.15, 0.2) is 0 Å². The van der Waals surface area contributed by atoms with E-state index in [2.05, 4.69) is 28.9 Å². The average Bonchev–Trinajstić information content (AvgIpc) is 2.41. The Labute approximate surface area is 118 Å². The van der Waals surface area contributed by atoms with E-state index < -0.39 is 6.61 Å². The van der Waals surface area contributed by atoms with Crippen LogP contribution < -0.4 is 10.1 Å². The Morgan fingerprint density at radius 3 is 2.35 bits per heavy atom. The molecule has 1 aliphatic heterocycles. The quantitative estimate of drug-likeness (QED) is 0.896. The van der Waals surface area contributed by atoms with E-state index in [0.717, 1.165) is 18.8 Å². The van der Waals surface area contributed by atoms with Crippen molar-refractivity contribution >= 4 is 5.69 Å². The third kappa shape index (κ3) is 4.34. The van der Waals surface area contributed by atoms with E-state index >= 15 is 0 Å². The van der Waals surface area contributed by atoms with E-state index in [-0.39, 0.29) is 5.75 Å². The number of ether oxygens (including phenoxy) is 1. The van der Waals surface area contributed by atoms with Crippen molar-refractivity contribution in [1.29, 1.82) is 0 Å². The smallest absolute Gasteiger partial charge is 0.387 e. The molecule has 1 aliphatic rings. The Bertz CT molecular complexity index is 403. The maximum atomic E-state index is 12.1. The van der Waals surface area contributed by atoms with Gasteiger partial charge in [0.25, 0.3) is 0 Å². The Morgan fingerprint density at radius 2 is 1.80 bits per heavy atom. The summed E-state index contributed by atoms with van der Waals surface area (Å²) >= 11 is 0. The first kappa shape index (κ1) is 15.0. The molecule has 0 amide bonds. The molecule has 112 valence electrons. The molecule has 1 aromatic rings. The normalized spacial score (nSPS) is 19.1. The maximum absolute atomic E-state index is 12.1. The molecule has 0 aromatic heterocycles. The third-order valence-electron chi connectivity index (χ3n) is 3.94. The molecular weight excluding hydrogens is 262 g/mol. The van der Waals surface area contributed by atoms with Gasteiger partial charge in [0, 0.05) is 11.7 Å². The number of hydrogen-bond acceptors (Lipinski definition) is 3. The Hall–Kier alpha value is -1.36. The number of benzene rings is 1. The molecule has 1 saturated heterocycles. The molecule has 2 rings (SSSR count). The second-order valence-electron chi connectivity index (χ2n) is 5.48. The van der Waals surface area contributed by atoms with Crippen molar-refractivity contribution in [2.24, 2.45) is 5.92 Å². The highest BCUT2D eigenvalue weighted by molar-refractivity contribution is 5.47. The van der Waals surface area contributed by atoms with Crippen LogP contribution in [0.25, 0.3) is 0 Å². The number of rotatable bonds is 5. The molecule has 1 aromatic carbocycles. The van der Waals surface area contributed by atoms with E-state index in [9.17, 15) is 8.78 Å². The van der Waals surface area contributed by atoms with Gasteiger partial charge < -0.3 is 15.0 Å². The van der Waals surface area contributed by atoms with E-state index in [0.29, 0.717) is 12.0 Å². The molecule has 1 atom stereocenters. The van der Waals surface area contributed by atoms with Crippen molar-refractivity contribution in [1.82, 2.24) is 4.90 Å². The van der Waals surface area contributed by atoms with Crippen LogP contribution in [0, 0.1) is 5.92 Å². The average molecular weight is 284 g/mol. The van der Waals surface area contributed by atoms with Gasteiger partial charge in [-0.2, -0.15) is 8.78 Å². The summed E-state index contributed by atoms with van der Waals surface area (Å²) in [6.45, 7) is 1.68. The lowest BCUT2D eigenvalue weighted by Gasteiger charge is -2.33. The minimum atomic E-state index is -2.77. The van der Waals surface area contributed by atoms with E-state index in [1.807, 2.05) is 0 Å². The fourth-order valence-corrected chi connectivity index (χ4v) is 2.64. The van der Waals surface area contributed by atoms with Crippen LogP contribution in [0.2, 0.25) is 0 Å². The van der Waals surface area contributed by atoms with Crippen LogP contribution in [0.1, 0.15) is 19.8 Å². The second kappa shape index (κ2) is 6.88. The minimum Gasteiger partial charge on any atom is -0.435 e. The topological polar surface area (TPSA) is 24.5 Å². The summed E-state index contributed by atoms with van der Waals surface area (Å²) in [7, 11) is 2.15. The van der Waals surface area contributed by atoms with Crippen LogP contribution in [0.4, 0.5) is 14.5 Å². The Balaban J connectivity index is 1.86. The molecular formula is C15H22F2N2O. The van der Waals surface area contributed by atoms with Crippen LogP contribution in [-0.2, 0) is 0 Å². The summed E-state index contributed by atoms with van der Waals surface area (Å²) in [5.74, 6) is 0.848. The van der Waals surface area contributed by atoms with Crippen molar-refractivity contribution in [3.63, 3.8) is 0 Å². The van der Waals surface area contributed by atoms with Crippen molar-refractivity contribution in [2.45, 2.75) is 32.4 Å². The zero-order valence-electron chi connectivity index (χ0n) is 12.0. The zero-order valence-corrected chi connectivity index (χ0v) is 12.0. The first-order valence-electron chi connectivity index (χ1n) is 7.04. The lowest BCUT2D eigenvalue weighted by Crippen LogP contribution is -2.37. The fraction of sp³-hybridized carbons (Fsp3) is 0.600. The van der Waals surface area contributed by atoms with Gasteiger partial charge in [-0.3, -0.25) is 0 Å². The summed E-state index contributed by atoms with van der Waals surface area (Å²) in [4.78, 5) is 2.35. The first-order valence-corrected chi connectivity index (χ1v) is 7.04. The van der Waals surface area contributed by atoms with Crippen LogP contribution in [0.15, 0.2) is 24.3 Å². The largest absolute Gasteiger partial charge is 0.435 e. The maximum Gasteiger partial charge on any atom is 0.387 e. The predicted molar refractivity (Wildman–Crippen MR) is 76.4 cm³/mol. The number of likely N-dealkylation sites (tertiary alicyclic amines) is 1. The molecule has 1 N–H and O–H groups in total. The van der Waals surface area contributed by atoms with Crippen LogP contribution >= 0.6 is 0 Å². The summed E-state index contributed by atoms with van der Waals surface area (Å²) in [6.07, 6.45) is 2.38. The highest BCUT2D eigenvalue weighted by atomic mass is 19.3. The Kier molecular flexibility index (Phi) is 5.17. The van der Waals surface area contributed by atoms with Gasteiger partial charge in [-0.1, -0.05) is 0 Å². The lowest BCUT2D eigenvalue weighted by atomic mass is 9.90. The number of halogens is 2. The lowest BCUT2D eigenvalue weighted by molar-refractivity contribution is -0.0498. The van der Waals surface area contributed by atoms with Gasteiger partial charge in [-0.05, 0) is 70.1 Å². The molecule has 0 saturated carbocycles. The number of nitrogens with zero attached hydrogens (tertiary/aromatic N) is 1. The van der Waals surface area contributed by atoms with E-state index in [4.69, 9.17) is 0 Å². The summed E-state index contributed by atoms with van der Waals surface area (Å²) < 4.78 is 28.5. The molecule has 0 spiro atoms. The van der Waals surface area contributed by atoms with E-state index in [1.54, 1.807) is 24.3 Å². The van der Waals surface area contributed by atoms with Crippen molar-refractivity contribution < 1.29 is 13.5 Å². The van der Waals surface area contributed by atoms with Gasteiger partial charge >= 0.3 is 6.61 Å². The standard InChI is InChI=1S/C15H22F2N2O/c1-11(12-7-9-19(2)10-8-12)18-13-3-5-14(6-4-13)20-15(16)17/h3-6,11-12,15,18H,7-10H2,1-2H3. The monoisotopic (exact) mass is 284 g/mol. The predicted octanol–water partition coefficient (Wildman–Crippen LogP) is 3.43. The Morgan fingerprint density at radius 1 is 1.20 bits per heavy atom. The fourth-order valence-electron chi connectivity index (χ4n) is 2.64. The van der Waals surface area contributed by atoms with Crippen molar-refractivity contribution in [2.75, 3.05) is 25.5 Å². The molecule has 3 nitrogen and oxygen atoms in total. The number of alkyl halides is 2. The van der Waals surface area contributed by atoms with Gasteiger partial charge in [-0.15, -0.1) is 0 Å². The van der Waals surface area contributed by atoms with Gasteiger partial charge in [0.2, 0.25) is 0 Å². The van der Waals surface area contributed by atoms with Crippen molar-refractivity contribution in [3.8, 4) is 5.75 Å². The highest BCUT2D eigenvalue weighted by Crippen LogP contribution is 2.24. The first-order chi connectivity index (χ1) is 9.54. The molecule has 5 heteroatoms. The van der Waals surface area contributed by atoms with Crippen molar-refractivity contribution in [3.05, 3.63) is 24.3 Å². The molecule has 20 heavy (non-hydrogen) atoms. The van der Waals surface area contributed by atoms with Gasteiger partial charge in [-0.25, -0.2) is 0 Å².